The van der Waals surface area contributed by atoms with Crippen molar-refractivity contribution in [3.05, 3.63) is 47.9 Å². The number of carbonyl (C=O) groups excluding carboxylic acids is 1. The second kappa shape index (κ2) is 9.36. The zero-order valence-corrected chi connectivity index (χ0v) is 15.1. The Morgan fingerprint density at radius 3 is 2.69 bits per heavy atom. The summed E-state index contributed by atoms with van der Waals surface area (Å²) in [4.78, 5) is 15.2. The topological polar surface area (TPSA) is 111 Å². The molecule has 1 atom stereocenters. The Balaban J connectivity index is 1.79. The summed E-state index contributed by atoms with van der Waals surface area (Å²) in [5.74, 6) is 2.18. The molecule has 1 aromatic carbocycles. The van der Waals surface area contributed by atoms with Crippen LogP contribution >= 0.6 is 0 Å². The van der Waals surface area contributed by atoms with Crippen LogP contribution in [-0.2, 0) is 6.54 Å². The van der Waals surface area contributed by atoms with Crippen molar-refractivity contribution in [2.75, 3.05) is 20.7 Å². The van der Waals surface area contributed by atoms with Crippen LogP contribution in [0, 0.1) is 0 Å². The summed E-state index contributed by atoms with van der Waals surface area (Å²) in [7, 11) is 3.28. The van der Waals surface area contributed by atoms with Gasteiger partial charge in [0.05, 0.1) is 20.2 Å². The van der Waals surface area contributed by atoms with E-state index in [0.717, 1.165) is 11.5 Å². The zero-order valence-electron chi connectivity index (χ0n) is 15.1. The Labute approximate surface area is 152 Å². The van der Waals surface area contributed by atoms with Crippen LogP contribution in [0.2, 0.25) is 0 Å². The number of benzene rings is 1. The van der Waals surface area contributed by atoms with E-state index < -0.39 is 5.91 Å². The molecule has 8 heteroatoms. The molecule has 1 aromatic heterocycles. The van der Waals surface area contributed by atoms with Crippen molar-refractivity contribution in [3.63, 3.8) is 0 Å². The lowest BCUT2D eigenvalue weighted by molar-refractivity contribution is 0.0972. The molecule has 0 aliphatic rings. The lowest BCUT2D eigenvalue weighted by Gasteiger charge is -2.17. The molecule has 1 unspecified atom stereocenters. The standard InChI is InChI=1S/C18H24N4O4/c1-12(25-14-6-4-5-13(9-14)24-3)10-21-18(20-2)22-11-15-7-8-16(26-15)17(19)23/h4-9,12H,10-11H2,1-3H3,(H2,19,23)(H2,20,21,22). The molecule has 0 saturated heterocycles. The third-order valence-electron chi connectivity index (χ3n) is 3.49. The van der Waals surface area contributed by atoms with Crippen molar-refractivity contribution in [2.24, 2.45) is 10.7 Å². The molecule has 2 rings (SSSR count). The first-order chi connectivity index (χ1) is 12.5. The maximum Gasteiger partial charge on any atom is 0.284 e. The van der Waals surface area contributed by atoms with Gasteiger partial charge in [-0.05, 0) is 31.2 Å². The van der Waals surface area contributed by atoms with Gasteiger partial charge in [-0.25, -0.2) is 0 Å². The second-order valence-electron chi connectivity index (χ2n) is 5.54. The Hall–Kier alpha value is -3.16. The van der Waals surface area contributed by atoms with Crippen LogP contribution in [0.3, 0.4) is 0 Å². The molecule has 0 bridgehead atoms. The van der Waals surface area contributed by atoms with E-state index in [2.05, 4.69) is 15.6 Å². The van der Waals surface area contributed by atoms with E-state index in [0.29, 0.717) is 24.8 Å². The van der Waals surface area contributed by atoms with Crippen LogP contribution in [-0.4, -0.2) is 38.7 Å². The molecular formula is C18H24N4O4. The molecule has 0 radical (unpaired) electrons. The Bertz CT molecular complexity index is 757. The third-order valence-corrected chi connectivity index (χ3v) is 3.49. The van der Waals surface area contributed by atoms with Crippen molar-refractivity contribution in [3.8, 4) is 11.5 Å². The van der Waals surface area contributed by atoms with Gasteiger partial charge < -0.3 is 30.3 Å². The van der Waals surface area contributed by atoms with Gasteiger partial charge in [-0.1, -0.05) is 6.07 Å². The predicted molar refractivity (Wildman–Crippen MR) is 98.5 cm³/mol. The number of ether oxygens (including phenoxy) is 2. The van der Waals surface area contributed by atoms with Gasteiger partial charge in [0.15, 0.2) is 11.7 Å². The van der Waals surface area contributed by atoms with Crippen molar-refractivity contribution >= 4 is 11.9 Å². The summed E-state index contributed by atoms with van der Waals surface area (Å²) >= 11 is 0. The lowest BCUT2D eigenvalue weighted by Crippen LogP contribution is -2.41. The van der Waals surface area contributed by atoms with Gasteiger partial charge in [0.25, 0.3) is 5.91 Å². The number of guanidine groups is 1. The van der Waals surface area contributed by atoms with Crippen LogP contribution in [0.1, 0.15) is 23.2 Å². The SMILES string of the molecule is CN=C(NCc1ccc(C(N)=O)o1)NCC(C)Oc1cccc(OC)c1. The fourth-order valence-electron chi connectivity index (χ4n) is 2.19. The maximum atomic E-state index is 11.0. The molecule has 0 aliphatic heterocycles. The largest absolute Gasteiger partial charge is 0.497 e. The number of nitrogens with one attached hydrogen (secondary N) is 2. The van der Waals surface area contributed by atoms with E-state index in [4.69, 9.17) is 19.6 Å². The Kier molecular flexibility index (Phi) is 6.90. The number of nitrogens with two attached hydrogens (primary N) is 1. The molecule has 26 heavy (non-hydrogen) atoms. The van der Waals surface area contributed by atoms with Gasteiger partial charge in [-0.15, -0.1) is 0 Å². The average molecular weight is 360 g/mol. The molecular weight excluding hydrogens is 336 g/mol. The summed E-state index contributed by atoms with van der Waals surface area (Å²) < 4.78 is 16.3. The average Bonchev–Trinajstić information content (AvgIpc) is 3.11. The van der Waals surface area contributed by atoms with Gasteiger partial charge in [0.1, 0.15) is 23.4 Å². The first-order valence-corrected chi connectivity index (χ1v) is 8.15. The lowest BCUT2D eigenvalue weighted by atomic mass is 10.3. The number of rotatable bonds is 8. The summed E-state index contributed by atoms with van der Waals surface area (Å²) in [5, 5.41) is 6.26. The van der Waals surface area contributed by atoms with Gasteiger partial charge in [0, 0.05) is 13.1 Å². The highest BCUT2D eigenvalue weighted by atomic mass is 16.5. The minimum absolute atomic E-state index is 0.0919. The third kappa shape index (κ3) is 5.73. The van der Waals surface area contributed by atoms with Crippen molar-refractivity contribution < 1.29 is 18.7 Å². The molecule has 0 fully saturated rings. The van der Waals surface area contributed by atoms with E-state index in [1.807, 2.05) is 31.2 Å². The van der Waals surface area contributed by atoms with E-state index >= 15 is 0 Å². The molecule has 1 heterocycles. The number of methoxy groups -OCH3 is 1. The summed E-state index contributed by atoms with van der Waals surface area (Å²) in [6, 6.07) is 10.7. The van der Waals surface area contributed by atoms with Gasteiger partial charge >= 0.3 is 0 Å². The van der Waals surface area contributed by atoms with Crippen molar-refractivity contribution in [1.29, 1.82) is 0 Å². The smallest absolute Gasteiger partial charge is 0.284 e. The number of furan rings is 1. The van der Waals surface area contributed by atoms with E-state index in [1.54, 1.807) is 26.3 Å². The number of nitrogens with zero attached hydrogens (tertiary/aromatic N) is 1. The predicted octanol–water partition coefficient (Wildman–Crippen LogP) is 1.52. The number of amides is 1. The fraction of sp³-hybridized carbons (Fsp3) is 0.333. The van der Waals surface area contributed by atoms with E-state index in [9.17, 15) is 4.79 Å². The van der Waals surface area contributed by atoms with E-state index in [1.165, 1.54) is 0 Å². The van der Waals surface area contributed by atoms with Gasteiger partial charge in [-0.2, -0.15) is 0 Å². The van der Waals surface area contributed by atoms with Crippen LogP contribution in [0.5, 0.6) is 11.5 Å². The summed E-state index contributed by atoms with van der Waals surface area (Å²) in [6.45, 7) is 2.87. The maximum absolute atomic E-state index is 11.0. The highest BCUT2D eigenvalue weighted by molar-refractivity contribution is 5.89. The molecule has 1 amide bonds. The normalized spacial score (nSPS) is 12.3. The van der Waals surface area contributed by atoms with Crippen LogP contribution in [0.15, 0.2) is 45.8 Å². The van der Waals surface area contributed by atoms with Crippen molar-refractivity contribution in [1.82, 2.24) is 10.6 Å². The Morgan fingerprint density at radius 1 is 1.27 bits per heavy atom. The molecule has 8 nitrogen and oxygen atoms in total. The highest BCUT2D eigenvalue weighted by Crippen LogP contribution is 2.19. The van der Waals surface area contributed by atoms with Gasteiger partial charge in [-0.3, -0.25) is 9.79 Å². The van der Waals surface area contributed by atoms with Crippen LogP contribution < -0.4 is 25.8 Å². The molecule has 0 saturated carbocycles. The minimum atomic E-state index is -0.595. The number of aliphatic imine (C=N–C) groups is 1. The fourth-order valence-corrected chi connectivity index (χ4v) is 2.19. The molecule has 2 aromatic rings. The van der Waals surface area contributed by atoms with E-state index in [-0.39, 0.29) is 11.9 Å². The number of hydrogen-bond acceptors (Lipinski definition) is 5. The van der Waals surface area contributed by atoms with Crippen molar-refractivity contribution in [2.45, 2.75) is 19.6 Å². The first-order valence-electron chi connectivity index (χ1n) is 8.15. The molecule has 0 spiro atoms. The Morgan fingerprint density at radius 2 is 2.04 bits per heavy atom. The van der Waals surface area contributed by atoms with Crippen LogP contribution in [0.25, 0.3) is 0 Å². The minimum Gasteiger partial charge on any atom is -0.497 e. The number of primary amides is 1. The molecule has 140 valence electrons. The monoisotopic (exact) mass is 360 g/mol. The number of hydrogen-bond donors (Lipinski definition) is 3. The molecule has 4 N–H and O–H groups in total. The zero-order chi connectivity index (χ0) is 18.9. The van der Waals surface area contributed by atoms with Gasteiger partial charge in [0.2, 0.25) is 0 Å². The highest BCUT2D eigenvalue weighted by Gasteiger charge is 2.09. The first kappa shape index (κ1) is 19.2. The quantitative estimate of drug-likeness (QED) is 0.486. The molecule has 0 aliphatic carbocycles. The summed E-state index contributed by atoms with van der Waals surface area (Å²) in [5.41, 5.74) is 5.16. The van der Waals surface area contributed by atoms with Crippen LogP contribution in [0.4, 0.5) is 0 Å². The second-order valence-corrected chi connectivity index (χ2v) is 5.54. The number of carbonyl (C=O) groups is 1. The summed E-state index contributed by atoms with van der Waals surface area (Å²) in [6.07, 6.45) is -0.0919.